The van der Waals surface area contributed by atoms with Crippen molar-refractivity contribution in [1.29, 1.82) is 0 Å². The summed E-state index contributed by atoms with van der Waals surface area (Å²) >= 11 is 13.5. The van der Waals surface area contributed by atoms with E-state index in [4.69, 9.17) is 23.8 Å². The lowest BCUT2D eigenvalue weighted by Gasteiger charge is -2.11. The molecule has 3 aromatic rings. The molecule has 0 atom stereocenters. The molecule has 0 saturated carbocycles. The van der Waals surface area contributed by atoms with E-state index in [2.05, 4.69) is 33.2 Å². The first-order valence-electron chi connectivity index (χ1n) is 7.76. The lowest BCUT2D eigenvalue weighted by Crippen LogP contribution is -2.34. The Labute approximate surface area is 175 Å². The zero-order valence-electron chi connectivity index (χ0n) is 13.5. The summed E-state index contributed by atoms with van der Waals surface area (Å²) in [5.74, 6) is -0.274. The van der Waals surface area contributed by atoms with Crippen LogP contribution in [0.25, 0.3) is 11.1 Å². The summed E-state index contributed by atoms with van der Waals surface area (Å²) in [5, 5.41) is 6.35. The van der Waals surface area contributed by atoms with E-state index in [0.717, 1.165) is 14.7 Å². The fourth-order valence-electron chi connectivity index (χ4n) is 2.36. The summed E-state index contributed by atoms with van der Waals surface area (Å²) in [7, 11) is 0. The Morgan fingerprint density at radius 2 is 1.58 bits per heavy atom. The molecular formula is C20H14ClIN2OS. The van der Waals surface area contributed by atoms with Crippen LogP contribution in [0.15, 0.2) is 72.8 Å². The molecule has 0 heterocycles. The van der Waals surface area contributed by atoms with Crippen LogP contribution in [-0.2, 0) is 0 Å². The van der Waals surface area contributed by atoms with E-state index in [1.54, 1.807) is 12.1 Å². The summed E-state index contributed by atoms with van der Waals surface area (Å²) in [4.78, 5) is 12.4. The molecule has 0 aliphatic rings. The van der Waals surface area contributed by atoms with Crippen molar-refractivity contribution in [2.45, 2.75) is 0 Å². The number of benzene rings is 3. The Bertz CT molecular complexity index is 946. The third-order valence-corrected chi connectivity index (χ3v) is 4.85. The molecule has 0 unspecified atom stereocenters. The topological polar surface area (TPSA) is 41.1 Å². The zero-order valence-corrected chi connectivity index (χ0v) is 17.2. The van der Waals surface area contributed by atoms with E-state index in [-0.39, 0.29) is 11.0 Å². The number of thiocarbonyl (C=S) groups is 1. The number of anilines is 1. The highest BCUT2D eigenvalue weighted by Gasteiger charge is 2.10. The van der Waals surface area contributed by atoms with Crippen molar-refractivity contribution in [1.82, 2.24) is 5.32 Å². The molecule has 0 fully saturated rings. The average Bonchev–Trinajstić information content (AvgIpc) is 2.65. The second-order valence-electron chi connectivity index (χ2n) is 5.48. The zero-order chi connectivity index (χ0) is 18.5. The summed E-state index contributed by atoms with van der Waals surface area (Å²) < 4.78 is 1.02. The molecule has 1 amide bonds. The Kier molecular flexibility index (Phi) is 6.24. The summed E-state index contributed by atoms with van der Waals surface area (Å²) in [6.45, 7) is 0. The number of hydrogen-bond acceptors (Lipinski definition) is 2. The number of hydrogen-bond donors (Lipinski definition) is 2. The monoisotopic (exact) mass is 492 g/mol. The molecule has 0 spiro atoms. The van der Waals surface area contributed by atoms with Crippen molar-refractivity contribution in [2.75, 3.05) is 5.32 Å². The number of carbonyl (C=O) groups is 1. The van der Waals surface area contributed by atoms with E-state index in [1.807, 2.05) is 60.7 Å². The van der Waals surface area contributed by atoms with Gasteiger partial charge in [-0.25, -0.2) is 0 Å². The van der Waals surface area contributed by atoms with Crippen LogP contribution >= 0.6 is 46.4 Å². The molecule has 26 heavy (non-hydrogen) atoms. The number of rotatable bonds is 3. The van der Waals surface area contributed by atoms with Crippen LogP contribution in [0.3, 0.4) is 0 Å². The highest BCUT2D eigenvalue weighted by molar-refractivity contribution is 14.1. The summed E-state index contributed by atoms with van der Waals surface area (Å²) in [5.41, 5.74) is 3.33. The molecule has 0 aromatic heterocycles. The van der Waals surface area contributed by atoms with Gasteiger partial charge in [-0.1, -0.05) is 54.1 Å². The minimum absolute atomic E-state index is 0.199. The van der Waals surface area contributed by atoms with Crippen LogP contribution in [0.2, 0.25) is 5.02 Å². The van der Waals surface area contributed by atoms with Gasteiger partial charge in [0.05, 0.1) is 10.7 Å². The van der Waals surface area contributed by atoms with Gasteiger partial charge in [0.25, 0.3) is 5.91 Å². The van der Waals surface area contributed by atoms with Gasteiger partial charge in [0, 0.05) is 9.13 Å². The number of halogens is 2. The van der Waals surface area contributed by atoms with Crippen LogP contribution in [0.5, 0.6) is 0 Å². The van der Waals surface area contributed by atoms with E-state index in [9.17, 15) is 4.79 Å². The first-order valence-corrected chi connectivity index (χ1v) is 9.62. The summed E-state index contributed by atoms with van der Waals surface area (Å²) in [6, 6.07) is 22.9. The highest BCUT2D eigenvalue weighted by Crippen LogP contribution is 2.24. The molecule has 2 N–H and O–H groups in total. The standard InChI is InChI=1S/C20H14ClIN2OS/c21-17-12-16(22)10-11-18(17)23-20(26)24-19(25)15-8-6-14(7-9-15)13-4-2-1-3-5-13/h1-12H,(H2,23,24,25,26). The van der Waals surface area contributed by atoms with Crippen molar-refractivity contribution in [2.24, 2.45) is 0 Å². The predicted octanol–water partition coefficient (Wildman–Crippen LogP) is 5.74. The number of carbonyl (C=O) groups excluding carboxylic acids is 1. The van der Waals surface area contributed by atoms with E-state index in [0.29, 0.717) is 16.3 Å². The minimum atomic E-state index is -0.274. The van der Waals surface area contributed by atoms with Crippen LogP contribution in [0.1, 0.15) is 10.4 Å². The molecule has 0 radical (unpaired) electrons. The van der Waals surface area contributed by atoms with Gasteiger partial charge in [-0.2, -0.15) is 0 Å². The normalized spacial score (nSPS) is 10.2. The van der Waals surface area contributed by atoms with Crippen molar-refractivity contribution in [3.63, 3.8) is 0 Å². The first kappa shape index (κ1) is 18.8. The van der Waals surface area contributed by atoms with Gasteiger partial charge in [0.15, 0.2) is 5.11 Å². The molecule has 3 rings (SSSR count). The van der Waals surface area contributed by atoms with Crippen molar-refractivity contribution >= 4 is 63.1 Å². The molecule has 130 valence electrons. The Morgan fingerprint density at radius 3 is 2.23 bits per heavy atom. The Balaban J connectivity index is 1.65. The highest BCUT2D eigenvalue weighted by atomic mass is 127. The van der Waals surface area contributed by atoms with Gasteiger partial charge in [-0.3, -0.25) is 10.1 Å². The average molecular weight is 493 g/mol. The van der Waals surface area contributed by atoms with Crippen molar-refractivity contribution in [3.05, 3.63) is 87.0 Å². The molecule has 0 bridgehead atoms. The summed E-state index contributed by atoms with van der Waals surface area (Å²) in [6.07, 6.45) is 0. The quantitative estimate of drug-likeness (QED) is 0.362. The van der Waals surface area contributed by atoms with Crippen molar-refractivity contribution in [3.8, 4) is 11.1 Å². The minimum Gasteiger partial charge on any atom is -0.331 e. The van der Waals surface area contributed by atoms with Gasteiger partial charge < -0.3 is 5.32 Å². The second-order valence-corrected chi connectivity index (χ2v) is 7.54. The van der Waals surface area contributed by atoms with Crippen LogP contribution < -0.4 is 10.6 Å². The van der Waals surface area contributed by atoms with E-state index < -0.39 is 0 Å². The molecular weight excluding hydrogens is 479 g/mol. The van der Waals surface area contributed by atoms with Gasteiger partial charge in [-0.15, -0.1) is 0 Å². The fourth-order valence-corrected chi connectivity index (χ4v) is 3.47. The molecule has 6 heteroatoms. The Morgan fingerprint density at radius 1 is 0.923 bits per heavy atom. The predicted molar refractivity (Wildman–Crippen MR) is 120 cm³/mol. The third-order valence-electron chi connectivity index (χ3n) is 3.66. The smallest absolute Gasteiger partial charge is 0.257 e. The fraction of sp³-hybridized carbons (Fsp3) is 0. The van der Waals surface area contributed by atoms with E-state index >= 15 is 0 Å². The SMILES string of the molecule is O=C(NC(=S)Nc1ccc(I)cc1Cl)c1ccc(-c2ccccc2)cc1. The molecule has 0 aliphatic carbocycles. The van der Waals surface area contributed by atoms with Crippen LogP contribution in [-0.4, -0.2) is 11.0 Å². The first-order chi connectivity index (χ1) is 12.5. The molecule has 0 aliphatic heterocycles. The molecule has 3 aromatic carbocycles. The van der Waals surface area contributed by atoms with Crippen LogP contribution in [0, 0.1) is 3.57 Å². The van der Waals surface area contributed by atoms with Gasteiger partial charge in [0.1, 0.15) is 0 Å². The van der Waals surface area contributed by atoms with Crippen molar-refractivity contribution < 1.29 is 4.79 Å². The van der Waals surface area contributed by atoms with E-state index in [1.165, 1.54) is 0 Å². The number of nitrogens with one attached hydrogen (secondary N) is 2. The molecule has 0 saturated heterocycles. The Hall–Kier alpha value is -1.96. The van der Waals surface area contributed by atoms with Gasteiger partial charge >= 0.3 is 0 Å². The largest absolute Gasteiger partial charge is 0.331 e. The number of amides is 1. The third kappa shape index (κ3) is 4.81. The maximum Gasteiger partial charge on any atom is 0.257 e. The van der Waals surface area contributed by atoms with Gasteiger partial charge in [0.2, 0.25) is 0 Å². The maximum atomic E-state index is 12.4. The van der Waals surface area contributed by atoms with Crippen LogP contribution in [0.4, 0.5) is 5.69 Å². The lowest BCUT2D eigenvalue weighted by molar-refractivity contribution is 0.0978. The maximum absolute atomic E-state index is 12.4. The van der Waals surface area contributed by atoms with Gasteiger partial charge in [-0.05, 0) is 76.3 Å². The molecule has 3 nitrogen and oxygen atoms in total. The lowest BCUT2D eigenvalue weighted by atomic mass is 10.0. The second kappa shape index (κ2) is 8.62.